The van der Waals surface area contributed by atoms with Crippen molar-refractivity contribution >= 4 is 45.7 Å². The summed E-state index contributed by atoms with van der Waals surface area (Å²) in [5.74, 6) is 1.50. The second-order valence-corrected chi connectivity index (χ2v) is 9.20. The lowest BCUT2D eigenvalue weighted by Gasteiger charge is -2.07. The molecule has 0 radical (unpaired) electrons. The molecule has 3 aromatic heterocycles. The van der Waals surface area contributed by atoms with Crippen LogP contribution in [0.3, 0.4) is 0 Å². The van der Waals surface area contributed by atoms with Crippen LogP contribution in [-0.4, -0.2) is 29.3 Å². The van der Waals surface area contributed by atoms with Gasteiger partial charge in [-0.05, 0) is 43.0 Å². The molecular weight excluding hydrogens is 432 g/mol. The molecule has 0 amide bonds. The summed E-state index contributed by atoms with van der Waals surface area (Å²) < 4.78 is 5.67. The van der Waals surface area contributed by atoms with E-state index in [9.17, 15) is 0 Å². The normalized spacial score (nSPS) is 11.3. The van der Waals surface area contributed by atoms with Gasteiger partial charge in [-0.2, -0.15) is 0 Å². The van der Waals surface area contributed by atoms with Gasteiger partial charge >= 0.3 is 0 Å². The van der Waals surface area contributed by atoms with Crippen LogP contribution in [0.25, 0.3) is 27.4 Å². The molecule has 0 aliphatic carbocycles. The van der Waals surface area contributed by atoms with Gasteiger partial charge in [0.15, 0.2) is 20.6 Å². The van der Waals surface area contributed by atoms with Gasteiger partial charge in [-0.3, -0.25) is 4.57 Å². The third-order valence-electron chi connectivity index (χ3n) is 4.58. The van der Waals surface area contributed by atoms with Crippen LogP contribution in [0.5, 0.6) is 0 Å². The molecule has 0 aliphatic heterocycles. The second kappa shape index (κ2) is 7.75. The summed E-state index contributed by atoms with van der Waals surface area (Å²) in [7, 11) is 1.97. The van der Waals surface area contributed by atoms with Crippen molar-refractivity contribution in [3.8, 4) is 17.1 Å². The fourth-order valence-corrected chi connectivity index (χ4v) is 5.54. The van der Waals surface area contributed by atoms with E-state index in [0.29, 0.717) is 5.82 Å². The summed E-state index contributed by atoms with van der Waals surface area (Å²) in [6.07, 6.45) is 0. The molecule has 2 aromatic carbocycles. The van der Waals surface area contributed by atoms with E-state index in [4.69, 9.17) is 12.2 Å². The molecule has 5 aromatic rings. The Morgan fingerprint density at radius 1 is 0.933 bits per heavy atom. The van der Waals surface area contributed by atoms with E-state index in [-0.39, 0.29) is 0 Å². The Kier molecular flexibility index (Phi) is 4.93. The number of nitrogens with zero attached hydrogens (tertiary/aromatic N) is 6. The van der Waals surface area contributed by atoms with E-state index >= 15 is 0 Å². The molecule has 0 saturated carbocycles. The van der Waals surface area contributed by atoms with Crippen LogP contribution in [0.15, 0.2) is 70.8 Å². The van der Waals surface area contributed by atoms with Crippen LogP contribution in [0, 0.1) is 10.9 Å². The van der Waals surface area contributed by atoms with Gasteiger partial charge in [-0.25, -0.2) is 9.97 Å². The second-order valence-electron chi connectivity index (χ2n) is 6.60. The average molecular weight is 449 g/mol. The third-order valence-corrected chi connectivity index (χ3v) is 7.11. The Hall–Kier alpha value is -2.88. The fourth-order valence-electron chi connectivity index (χ4n) is 3.19. The highest BCUT2D eigenvalue weighted by Gasteiger charge is 2.19. The standard InChI is InChI=1S/C21H16N6S3/c1-13-22-18-16(29-21(28)27(18)15-11-7-4-8-12-15)19(23-13)30-20-25-24-17(26(20)2)14-9-5-3-6-10-14/h3-12H,1-2H3. The number of hydrogen-bond donors (Lipinski definition) is 0. The van der Waals surface area contributed by atoms with E-state index in [2.05, 4.69) is 20.2 Å². The molecule has 0 spiro atoms. The molecule has 0 bridgehead atoms. The molecule has 0 atom stereocenters. The van der Waals surface area contributed by atoms with Crippen LogP contribution in [0.1, 0.15) is 5.82 Å². The lowest BCUT2D eigenvalue weighted by atomic mass is 10.2. The molecule has 5 rings (SSSR count). The molecule has 148 valence electrons. The van der Waals surface area contributed by atoms with Crippen LogP contribution >= 0.6 is 35.3 Å². The fraction of sp³-hybridized carbons (Fsp3) is 0.0952. The Balaban J connectivity index is 1.61. The predicted molar refractivity (Wildman–Crippen MR) is 123 cm³/mol. The van der Waals surface area contributed by atoms with Crippen molar-refractivity contribution in [2.75, 3.05) is 0 Å². The predicted octanol–water partition coefficient (Wildman–Crippen LogP) is 5.47. The highest BCUT2D eigenvalue weighted by molar-refractivity contribution is 7.99. The average Bonchev–Trinajstić information content (AvgIpc) is 3.28. The number of aryl methyl sites for hydroxylation is 1. The Morgan fingerprint density at radius 3 is 2.37 bits per heavy atom. The first kappa shape index (κ1) is 19.1. The van der Waals surface area contributed by atoms with Gasteiger partial charge in [0, 0.05) is 18.3 Å². The topological polar surface area (TPSA) is 61.4 Å². The molecule has 0 fully saturated rings. The minimum Gasteiger partial charge on any atom is -0.305 e. The molecule has 9 heteroatoms. The largest absolute Gasteiger partial charge is 0.305 e. The van der Waals surface area contributed by atoms with Crippen molar-refractivity contribution in [3.63, 3.8) is 0 Å². The molecule has 3 heterocycles. The van der Waals surface area contributed by atoms with Crippen LogP contribution in [0.4, 0.5) is 0 Å². The molecule has 0 aliphatic rings. The Bertz CT molecular complexity index is 1400. The number of fused-ring (bicyclic) bond motifs is 1. The Morgan fingerprint density at radius 2 is 1.63 bits per heavy atom. The molecule has 30 heavy (non-hydrogen) atoms. The molecular formula is C21H16N6S3. The van der Waals surface area contributed by atoms with Crippen LogP contribution in [-0.2, 0) is 7.05 Å². The molecule has 0 saturated heterocycles. The maximum Gasteiger partial charge on any atom is 0.197 e. The highest BCUT2D eigenvalue weighted by Crippen LogP contribution is 2.36. The lowest BCUT2D eigenvalue weighted by molar-refractivity contribution is 0.792. The monoisotopic (exact) mass is 448 g/mol. The van der Waals surface area contributed by atoms with Crippen LogP contribution < -0.4 is 0 Å². The van der Waals surface area contributed by atoms with E-state index in [1.165, 1.54) is 23.1 Å². The van der Waals surface area contributed by atoms with Crippen molar-refractivity contribution in [2.24, 2.45) is 7.05 Å². The van der Waals surface area contributed by atoms with E-state index in [1.807, 2.05) is 83.8 Å². The molecule has 6 nitrogen and oxygen atoms in total. The van der Waals surface area contributed by atoms with Crippen molar-refractivity contribution in [1.29, 1.82) is 0 Å². The summed E-state index contributed by atoms with van der Waals surface area (Å²) in [5, 5.41) is 10.4. The minimum absolute atomic E-state index is 0.688. The van der Waals surface area contributed by atoms with Crippen LogP contribution in [0.2, 0.25) is 0 Å². The van der Waals surface area contributed by atoms with Crippen molar-refractivity contribution in [3.05, 3.63) is 70.4 Å². The van der Waals surface area contributed by atoms with Gasteiger partial charge in [-0.1, -0.05) is 59.9 Å². The zero-order valence-corrected chi connectivity index (χ0v) is 18.6. The van der Waals surface area contributed by atoms with Gasteiger partial charge in [0.25, 0.3) is 0 Å². The summed E-state index contributed by atoms with van der Waals surface area (Å²) in [5.41, 5.74) is 2.83. The number of benzene rings is 2. The SMILES string of the molecule is Cc1nc(Sc2nnc(-c3ccccc3)n2C)c2sc(=S)n(-c3ccccc3)c2n1. The summed E-state index contributed by atoms with van der Waals surface area (Å²) in [4.78, 5) is 9.38. The van der Waals surface area contributed by atoms with Gasteiger partial charge in [0.2, 0.25) is 0 Å². The maximum atomic E-state index is 5.67. The van der Waals surface area contributed by atoms with Gasteiger partial charge in [0.1, 0.15) is 15.6 Å². The third kappa shape index (κ3) is 3.34. The first-order chi connectivity index (χ1) is 14.6. The van der Waals surface area contributed by atoms with E-state index < -0.39 is 0 Å². The van der Waals surface area contributed by atoms with E-state index in [1.54, 1.807) is 0 Å². The number of thiazole rings is 1. The maximum absolute atomic E-state index is 5.67. The summed E-state index contributed by atoms with van der Waals surface area (Å²) in [6.45, 7) is 1.89. The van der Waals surface area contributed by atoms with Gasteiger partial charge < -0.3 is 4.57 Å². The summed E-state index contributed by atoms with van der Waals surface area (Å²) in [6, 6.07) is 20.1. The number of aromatic nitrogens is 6. The minimum atomic E-state index is 0.688. The van der Waals surface area contributed by atoms with Crippen molar-refractivity contribution in [1.82, 2.24) is 29.3 Å². The molecule has 0 N–H and O–H groups in total. The molecule has 0 unspecified atom stereocenters. The van der Waals surface area contributed by atoms with E-state index in [0.717, 1.165) is 41.6 Å². The number of hydrogen-bond acceptors (Lipinski definition) is 7. The first-order valence-corrected chi connectivity index (χ1v) is 11.2. The van der Waals surface area contributed by atoms with Crippen molar-refractivity contribution < 1.29 is 0 Å². The highest BCUT2D eigenvalue weighted by atomic mass is 32.2. The summed E-state index contributed by atoms with van der Waals surface area (Å²) >= 11 is 8.66. The zero-order chi connectivity index (χ0) is 20.7. The van der Waals surface area contributed by atoms with Crippen molar-refractivity contribution in [2.45, 2.75) is 17.1 Å². The smallest absolute Gasteiger partial charge is 0.197 e. The zero-order valence-electron chi connectivity index (χ0n) is 16.2. The first-order valence-electron chi connectivity index (χ1n) is 9.20. The Labute approximate surface area is 186 Å². The van der Waals surface area contributed by atoms with Gasteiger partial charge in [0.05, 0.1) is 0 Å². The number of para-hydroxylation sites is 1. The lowest BCUT2D eigenvalue weighted by Crippen LogP contribution is -1.99. The number of rotatable bonds is 4. The van der Waals surface area contributed by atoms with Gasteiger partial charge in [-0.15, -0.1) is 10.2 Å². The quantitative estimate of drug-likeness (QED) is 0.268.